The van der Waals surface area contributed by atoms with Gasteiger partial charge in [0.2, 0.25) is 0 Å². The van der Waals surface area contributed by atoms with E-state index in [1.165, 1.54) is 36.5 Å². The lowest BCUT2D eigenvalue weighted by molar-refractivity contribution is 1.23. The van der Waals surface area contributed by atoms with Crippen molar-refractivity contribution in [2.24, 2.45) is 0 Å². The molecule has 0 amide bonds. The lowest BCUT2D eigenvalue weighted by atomic mass is 9.95. The second-order valence-corrected chi connectivity index (χ2v) is 10.9. The summed E-state index contributed by atoms with van der Waals surface area (Å²) in [5.41, 5.74) is 6.39. The number of aromatic nitrogens is 2. The van der Waals surface area contributed by atoms with Gasteiger partial charge in [0.15, 0.2) is 5.82 Å². The van der Waals surface area contributed by atoms with Crippen LogP contribution in [0, 0.1) is 0 Å². The molecule has 0 fully saturated rings. The van der Waals surface area contributed by atoms with Crippen LogP contribution in [-0.2, 0) is 0 Å². The topological polar surface area (TPSA) is 25.8 Å². The molecule has 0 N–H and O–H groups in total. The Kier molecular flexibility index (Phi) is 5.04. The average Bonchev–Trinajstić information content (AvgIpc) is 3.37. The van der Waals surface area contributed by atoms with Crippen LogP contribution in [-0.4, -0.2) is 9.97 Å². The maximum Gasteiger partial charge on any atom is 0.160 e. The first-order valence-electron chi connectivity index (χ1n) is 13.1. The predicted molar refractivity (Wildman–Crippen MR) is 166 cm³/mol. The fraction of sp³-hybridized carbons (Fsp3) is 0. The first-order valence-corrected chi connectivity index (χ1v) is 13.9. The van der Waals surface area contributed by atoms with Crippen LogP contribution in [0.4, 0.5) is 0 Å². The third kappa shape index (κ3) is 3.70. The second-order valence-electron chi connectivity index (χ2n) is 9.83. The summed E-state index contributed by atoms with van der Waals surface area (Å²) >= 11 is 1.86. The van der Waals surface area contributed by atoms with Crippen molar-refractivity contribution >= 4 is 53.2 Å². The van der Waals surface area contributed by atoms with Gasteiger partial charge in [-0.2, -0.15) is 0 Å². The summed E-state index contributed by atoms with van der Waals surface area (Å²) in [6.07, 6.45) is 0. The zero-order chi connectivity index (χ0) is 25.8. The molecule has 0 atom stereocenters. The van der Waals surface area contributed by atoms with Gasteiger partial charge in [0, 0.05) is 36.7 Å². The lowest BCUT2D eigenvalue weighted by Gasteiger charge is -2.11. The van der Waals surface area contributed by atoms with Gasteiger partial charge < -0.3 is 0 Å². The molecule has 3 heteroatoms. The Bertz CT molecular complexity index is 2180. The van der Waals surface area contributed by atoms with E-state index in [9.17, 15) is 0 Å². The normalized spacial score (nSPS) is 11.6. The average molecular weight is 515 g/mol. The molecule has 0 aliphatic rings. The smallest absolute Gasteiger partial charge is 0.160 e. The van der Waals surface area contributed by atoms with Crippen molar-refractivity contribution in [1.82, 2.24) is 9.97 Å². The molecule has 0 aliphatic carbocycles. The van der Waals surface area contributed by atoms with Crippen LogP contribution >= 0.6 is 11.3 Å². The van der Waals surface area contributed by atoms with Crippen molar-refractivity contribution in [3.63, 3.8) is 0 Å². The molecule has 39 heavy (non-hydrogen) atoms. The molecule has 2 aromatic heterocycles. The molecule has 2 heterocycles. The highest BCUT2D eigenvalue weighted by Crippen LogP contribution is 2.39. The highest BCUT2D eigenvalue weighted by atomic mass is 32.1. The summed E-state index contributed by atoms with van der Waals surface area (Å²) in [5, 5.41) is 6.21. The first kappa shape index (κ1) is 22.2. The molecule has 6 aromatic carbocycles. The molecular weight excluding hydrogens is 492 g/mol. The van der Waals surface area contributed by atoms with E-state index in [2.05, 4.69) is 115 Å². The monoisotopic (exact) mass is 514 g/mol. The third-order valence-corrected chi connectivity index (χ3v) is 8.59. The molecule has 8 aromatic rings. The Hall–Kier alpha value is -4.86. The Morgan fingerprint density at radius 3 is 2.10 bits per heavy atom. The highest BCUT2D eigenvalue weighted by molar-refractivity contribution is 7.25. The van der Waals surface area contributed by atoms with Crippen molar-refractivity contribution in [3.05, 3.63) is 133 Å². The molecule has 0 radical (unpaired) electrons. The molecule has 2 nitrogen and oxygen atoms in total. The summed E-state index contributed by atoms with van der Waals surface area (Å²) in [6.45, 7) is 0. The Morgan fingerprint density at radius 2 is 1.18 bits per heavy atom. The maximum atomic E-state index is 5.10. The number of thiophene rings is 1. The van der Waals surface area contributed by atoms with Crippen molar-refractivity contribution in [3.8, 4) is 33.8 Å². The molecule has 0 bridgehead atoms. The van der Waals surface area contributed by atoms with E-state index in [4.69, 9.17) is 9.97 Å². The van der Waals surface area contributed by atoms with Gasteiger partial charge in [-0.1, -0.05) is 103 Å². The van der Waals surface area contributed by atoms with E-state index in [0.29, 0.717) is 0 Å². The standard InChI is InChI=1S/C36H22N2S/c1-2-10-23(11-3-1)35-29-16-4-6-18-32(29)37-36(38-35)26-14-8-12-24(20-26)27-17-9-13-25-21-34-31(22-30(25)27)28-15-5-7-19-33(28)39-34/h1-22H. The van der Waals surface area contributed by atoms with Gasteiger partial charge in [-0.3, -0.25) is 0 Å². The minimum Gasteiger partial charge on any atom is -0.228 e. The fourth-order valence-electron chi connectivity index (χ4n) is 5.60. The van der Waals surface area contributed by atoms with Crippen LogP contribution in [0.3, 0.4) is 0 Å². The number of rotatable bonds is 3. The van der Waals surface area contributed by atoms with Gasteiger partial charge >= 0.3 is 0 Å². The number of fused-ring (bicyclic) bond motifs is 5. The fourth-order valence-corrected chi connectivity index (χ4v) is 6.73. The molecule has 0 unspecified atom stereocenters. The van der Waals surface area contributed by atoms with Crippen molar-refractivity contribution in [2.45, 2.75) is 0 Å². The molecule has 0 spiro atoms. The number of benzene rings is 6. The Balaban J connectivity index is 1.32. The maximum absolute atomic E-state index is 5.10. The van der Waals surface area contributed by atoms with Gasteiger partial charge in [0.1, 0.15) is 0 Å². The first-order chi connectivity index (χ1) is 19.3. The summed E-state index contributed by atoms with van der Waals surface area (Å²) in [4.78, 5) is 10.1. The van der Waals surface area contributed by atoms with Crippen LogP contribution < -0.4 is 0 Å². The minimum absolute atomic E-state index is 0.737. The van der Waals surface area contributed by atoms with E-state index in [-0.39, 0.29) is 0 Å². The van der Waals surface area contributed by atoms with Crippen molar-refractivity contribution in [1.29, 1.82) is 0 Å². The van der Waals surface area contributed by atoms with E-state index in [1.54, 1.807) is 0 Å². The van der Waals surface area contributed by atoms with E-state index in [1.807, 2.05) is 29.5 Å². The number of hydrogen-bond donors (Lipinski definition) is 0. The molecule has 8 rings (SSSR count). The van der Waals surface area contributed by atoms with Crippen LogP contribution in [0.1, 0.15) is 0 Å². The Labute approximate surface area is 229 Å². The van der Waals surface area contributed by atoms with Crippen LogP contribution in [0.25, 0.3) is 75.6 Å². The van der Waals surface area contributed by atoms with Crippen LogP contribution in [0.15, 0.2) is 133 Å². The quantitative estimate of drug-likeness (QED) is 0.234. The summed E-state index contributed by atoms with van der Waals surface area (Å²) in [7, 11) is 0. The second kappa shape index (κ2) is 8.87. The number of hydrogen-bond acceptors (Lipinski definition) is 3. The molecular formula is C36H22N2S. The zero-order valence-corrected chi connectivity index (χ0v) is 21.8. The van der Waals surface area contributed by atoms with E-state index in [0.717, 1.165) is 39.1 Å². The molecule has 0 aliphatic heterocycles. The third-order valence-electron chi connectivity index (χ3n) is 7.46. The van der Waals surface area contributed by atoms with Gasteiger partial charge in [-0.05, 0) is 52.2 Å². The summed E-state index contributed by atoms with van der Waals surface area (Å²) in [5.74, 6) is 0.737. The summed E-state index contributed by atoms with van der Waals surface area (Å²) < 4.78 is 2.65. The largest absolute Gasteiger partial charge is 0.228 e. The summed E-state index contributed by atoms with van der Waals surface area (Å²) in [6, 6.07) is 47.2. The van der Waals surface area contributed by atoms with Gasteiger partial charge in [0.25, 0.3) is 0 Å². The molecule has 0 saturated heterocycles. The predicted octanol–water partition coefficient (Wildman–Crippen LogP) is 10.2. The SMILES string of the molecule is c1ccc(-c2nc(-c3cccc(-c4cccc5cc6sc7ccccc7c6cc45)c3)nc3ccccc23)cc1. The van der Waals surface area contributed by atoms with Crippen molar-refractivity contribution in [2.75, 3.05) is 0 Å². The van der Waals surface area contributed by atoms with E-state index >= 15 is 0 Å². The van der Waals surface area contributed by atoms with Crippen molar-refractivity contribution < 1.29 is 0 Å². The van der Waals surface area contributed by atoms with Gasteiger partial charge in [0.05, 0.1) is 11.2 Å². The van der Waals surface area contributed by atoms with E-state index < -0.39 is 0 Å². The minimum atomic E-state index is 0.737. The highest BCUT2D eigenvalue weighted by Gasteiger charge is 2.14. The number of para-hydroxylation sites is 1. The molecule has 182 valence electrons. The zero-order valence-electron chi connectivity index (χ0n) is 21.0. The van der Waals surface area contributed by atoms with Crippen LogP contribution in [0.2, 0.25) is 0 Å². The van der Waals surface area contributed by atoms with Gasteiger partial charge in [-0.25, -0.2) is 9.97 Å². The molecule has 0 saturated carbocycles. The lowest BCUT2D eigenvalue weighted by Crippen LogP contribution is -1.95. The Morgan fingerprint density at radius 1 is 0.436 bits per heavy atom. The van der Waals surface area contributed by atoms with Crippen LogP contribution in [0.5, 0.6) is 0 Å². The number of nitrogens with zero attached hydrogens (tertiary/aromatic N) is 2. The van der Waals surface area contributed by atoms with Gasteiger partial charge in [-0.15, -0.1) is 11.3 Å².